The van der Waals surface area contributed by atoms with Gasteiger partial charge in [-0.2, -0.15) is 0 Å². The fraction of sp³-hybridized carbons (Fsp3) is 0.0741. The Bertz CT molecular complexity index is 1100. The molecular weight excluding hydrogens is 551 g/mol. The smallest absolute Gasteiger partial charge is 0.173 e. The first-order valence-corrected chi connectivity index (χ1v) is 14.9. The van der Waals surface area contributed by atoms with Gasteiger partial charge in [0, 0.05) is 5.56 Å². The minimum absolute atomic E-state index is 0.108. The van der Waals surface area contributed by atoms with E-state index < -0.39 is 17.5 Å². The first-order chi connectivity index (χ1) is 16.7. The van der Waals surface area contributed by atoms with E-state index in [0.717, 1.165) is 11.7 Å². The second kappa shape index (κ2) is 12.5. The Morgan fingerprint density at radius 1 is 0.629 bits per heavy atom. The van der Waals surface area contributed by atoms with Crippen LogP contribution in [0.5, 0.6) is 0 Å². The highest BCUT2D eigenvalue weighted by Gasteiger charge is 2.45. The second-order valence-corrected chi connectivity index (χ2v) is 12.4. The molecule has 0 aliphatic rings. The molecule has 4 rings (SSSR count). The van der Waals surface area contributed by atoms with Gasteiger partial charge in [-0.25, -0.2) is 18.6 Å². The highest BCUT2D eigenvalue weighted by Crippen LogP contribution is 2.58. The Hall–Kier alpha value is -2.41. The summed E-state index contributed by atoms with van der Waals surface area (Å²) in [5, 5.41) is 4.44. The summed E-state index contributed by atoms with van der Waals surface area (Å²) in [4.78, 5) is 12.0. The molecule has 0 saturated carbocycles. The van der Waals surface area contributed by atoms with E-state index in [9.17, 15) is 4.79 Å². The molecule has 0 spiro atoms. The van der Waals surface area contributed by atoms with Crippen molar-refractivity contribution in [3.05, 3.63) is 126 Å². The summed E-state index contributed by atoms with van der Waals surface area (Å²) in [6, 6.07) is 40.7. The second-order valence-electron chi connectivity index (χ2n) is 7.61. The zero-order valence-electron chi connectivity index (χ0n) is 18.6. The number of hydrogen-bond acceptors (Lipinski definition) is 5. The quantitative estimate of drug-likeness (QED) is 0.186. The predicted molar refractivity (Wildman–Crippen MR) is 133 cm³/mol. The summed E-state index contributed by atoms with van der Waals surface area (Å²) in [5.74, 6) is 0.108. The Balaban J connectivity index is 0.000000623. The maximum atomic E-state index is 12.0. The topological polar surface area (TPSA) is 109 Å². The van der Waals surface area contributed by atoms with Gasteiger partial charge in [0.05, 0.1) is 11.5 Å². The molecule has 8 heteroatoms. The lowest BCUT2D eigenvalue weighted by Crippen LogP contribution is -2.68. The summed E-state index contributed by atoms with van der Waals surface area (Å²) < 4.78 is 34.0. The third-order valence-electron chi connectivity index (χ3n) is 5.41. The van der Waals surface area contributed by atoms with E-state index in [4.69, 9.17) is 18.6 Å². The standard InChI is InChI=1S/C27H23BrOP.ClHO4/c28-20-27(29)23-18-16-22(17-19-23)21-30(24-10-4-1-5-11-24,25-12-6-2-7-13-25)26-14-8-3-9-15-26;2-1(3,4)5/h1-19H,20-21H2;(H,2,3,4,5)/q+1;/p-1. The maximum Gasteiger partial charge on any atom is 0.173 e. The molecule has 0 saturated heterocycles. The van der Waals surface area contributed by atoms with Gasteiger partial charge in [0.2, 0.25) is 0 Å². The minimum Gasteiger partial charge on any atom is -0.293 e. The van der Waals surface area contributed by atoms with Gasteiger partial charge < -0.3 is 0 Å². The van der Waals surface area contributed by atoms with Gasteiger partial charge in [0.25, 0.3) is 0 Å². The van der Waals surface area contributed by atoms with Gasteiger partial charge in [-0.15, -0.1) is 10.2 Å². The third-order valence-corrected chi connectivity index (χ3v) is 10.3. The molecule has 5 nitrogen and oxygen atoms in total. The van der Waals surface area contributed by atoms with Crippen LogP contribution < -0.4 is 34.5 Å². The highest BCUT2D eigenvalue weighted by atomic mass is 79.9. The average molecular weight is 574 g/mol. The van der Waals surface area contributed by atoms with Crippen LogP contribution in [0.1, 0.15) is 15.9 Å². The average Bonchev–Trinajstić information content (AvgIpc) is 2.88. The van der Waals surface area contributed by atoms with E-state index in [1.807, 2.05) is 12.1 Å². The number of rotatable bonds is 7. The molecule has 0 aliphatic heterocycles. The van der Waals surface area contributed by atoms with E-state index in [1.165, 1.54) is 21.5 Å². The van der Waals surface area contributed by atoms with E-state index >= 15 is 0 Å². The van der Waals surface area contributed by atoms with Crippen molar-refractivity contribution < 1.29 is 33.7 Å². The van der Waals surface area contributed by atoms with Gasteiger partial charge in [0.1, 0.15) is 23.2 Å². The Morgan fingerprint density at radius 3 is 1.29 bits per heavy atom. The van der Waals surface area contributed by atoms with Crippen LogP contribution in [0.4, 0.5) is 0 Å². The molecule has 0 aliphatic carbocycles. The molecule has 0 N–H and O–H groups in total. The Morgan fingerprint density at radius 2 is 0.971 bits per heavy atom. The van der Waals surface area contributed by atoms with E-state index in [2.05, 4.69) is 119 Å². The van der Waals surface area contributed by atoms with Crippen molar-refractivity contribution in [2.75, 3.05) is 5.33 Å². The lowest BCUT2D eigenvalue weighted by molar-refractivity contribution is -2.00. The fourth-order valence-electron chi connectivity index (χ4n) is 3.92. The number of carbonyl (C=O) groups is 1. The Kier molecular flexibility index (Phi) is 9.72. The Labute approximate surface area is 215 Å². The van der Waals surface area contributed by atoms with Crippen molar-refractivity contribution in [2.45, 2.75) is 6.16 Å². The number of benzene rings is 4. The summed E-state index contributed by atoms with van der Waals surface area (Å²) in [6.07, 6.45) is 0.911. The molecule has 0 heterocycles. The van der Waals surface area contributed by atoms with Crippen LogP contribution in [0.25, 0.3) is 0 Å². The molecule has 0 amide bonds. The molecule has 0 bridgehead atoms. The van der Waals surface area contributed by atoms with Crippen molar-refractivity contribution in [3.63, 3.8) is 0 Å². The maximum absolute atomic E-state index is 12.0. The van der Waals surface area contributed by atoms with Crippen LogP contribution in [0.3, 0.4) is 0 Å². The molecule has 0 radical (unpaired) electrons. The van der Waals surface area contributed by atoms with Crippen molar-refractivity contribution in [1.29, 1.82) is 0 Å². The van der Waals surface area contributed by atoms with Crippen LogP contribution >= 0.6 is 23.2 Å². The van der Waals surface area contributed by atoms with Crippen LogP contribution in [-0.4, -0.2) is 11.1 Å². The van der Waals surface area contributed by atoms with Crippen molar-refractivity contribution in [3.8, 4) is 0 Å². The van der Waals surface area contributed by atoms with Gasteiger partial charge >= 0.3 is 0 Å². The van der Waals surface area contributed by atoms with Crippen molar-refractivity contribution >= 4 is 44.9 Å². The molecule has 4 aromatic rings. The van der Waals surface area contributed by atoms with Gasteiger partial charge in [-0.3, -0.25) is 4.79 Å². The van der Waals surface area contributed by atoms with Crippen LogP contribution in [0, 0.1) is 10.2 Å². The first kappa shape index (κ1) is 27.2. The summed E-state index contributed by atoms with van der Waals surface area (Å²) in [5.41, 5.74) is 1.99. The summed E-state index contributed by atoms with van der Waals surface area (Å²) >= 11 is 3.27. The molecular formula is C27H23BrClO5P. The minimum atomic E-state index is -4.94. The van der Waals surface area contributed by atoms with Crippen LogP contribution in [0.2, 0.25) is 0 Å². The number of alkyl halides is 1. The molecule has 0 unspecified atom stereocenters. The number of halogens is 2. The summed E-state index contributed by atoms with van der Waals surface area (Å²) in [6.45, 7) is 0. The zero-order valence-corrected chi connectivity index (χ0v) is 21.9. The van der Waals surface area contributed by atoms with Gasteiger partial charge in [0.15, 0.2) is 5.78 Å². The number of ketones is 1. The van der Waals surface area contributed by atoms with E-state index in [1.54, 1.807) is 0 Å². The monoisotopic (exact) mass is 572 g/mol. The predicted octanol–water partition coefficient (Wildman–Crippen LogP) is 1.00. The molecule has 0 atom stereocenters. The molecule has 180 valence electrons. The lowest BCUT2D eigenvalue weighted by atomic mass is 10.1. The SMILES string of the molecule is O=C(CBr)c1ccc(C[P+](c2ccccc2)(c2ccccc2)c2ccccc2)cc1.[O-][Cl+3]([O-])([O-])[O-]. The van der Waals surface area contributed by atoms with Crippen molar-refractivity contribution in [2.24, 2.45) is 0 Å². The van der Waals surface area contributed by atoms with Crippen molar-refractivity contribution in [1.82, 2.24) is 0 Å². The van der Waals surface area contributed by atoms with Gasteiger partial charge in [-0.1, -0.05) is 94.8 Å². The van der Waals surface area contributed by atoms with E-state index in [0.29, 0.717) is 5.33 Å². The molecule has 35 heavy (non-hydrogen) atoms. The van der Waals surface area contributed by atoms with Gasteiger partial charge in [-0.05, 0) is 42.0 Å². The third kappa shape index (κ3) is 7.53. The number of hydrogen-bond donors (Lipinski definition) is 0. The highest BCUT2D eigenvalue weighted by molar-refractivity contribution is 9.09. The normalized spacial score (nSPS) is 11.3. The molecule has 4 aromatic carbocycles. The van der Waals surface area contributed by atoms with Crippen LogP contribution in [-0.2, 0) is 6.16 Å². The summed E-state index contributed by atoms with van der Waals surface area (Å²) in [7, 11) is -6.86. The molecule has 0 fully saturated rings. The largest absolute Gasteiger partial charge is 0.293 e. The molecule has 0 aromatic heterocycles. The van der Waals surface area contributed by atoms with E-state index in [-0.39, 0.29) is 5.78 Å². The lowest BCUT2D eigenvalue weighted by Gasteiger charge is -2.28. The van der Waals surface area contributed by atoms with Crippen LogP contribution in [0.15, 0.2) is 115 Å². The first-order valence-electron chi connectivity index (χ1n) is 10.6. The fourth-order valence-corrected chi connectivity index (χ4v) is 8.48. The zero-order chi connectivity index (χ0) is 25.3. The number of Topliss-reactive ketones (excluding diaryl/α,β-unsaturated/α-hetero) is 1. The number of carbonyl (C=O) groups excluding carboxylic acids is 1.